The van der Waals surface area contributed by atoms with Gasteiger partial charge in [0.05, 0.1) is 24.8 Å². The van der Waals surface area contributed by atoms with E-state index in [1.54, 1.807) is 34.6 Å². The molecule has 2 aromatic rings. The normalized spacial score (nSPS) is 23.9. The predicted octanol–water partition coefficient (Wildman–Crippen LogP) is 1.40. The summed E-state index contributed by atoms with van der Waals surface area (Å²) in [6.45, 7) is 8.36. The van der Waals surface area contributed by atoms with Crippen LogP contribution < -0.4 is 10.5 Å². The molecule has 0 spiro atoms. The molecule has 0 bridgehead atoms. The average Bonchev–Trinajstić information content (AvgIpc) is 3.31. The Morgan fingerprint density at radius 3 is 2.57 bits per heavy atom. The number of rotatable bonds is 8. The largest absolute Gasteiger partial charge is 0.476 e. The van der Waals surface area contributed by atoms with E-state index < -0.39 is 47.8 Å². The minimum Gasteiger partial charge on any atom is -0.476 e. The van der Waals surface area contributed by atoms with Crippen LogP contribution in [0.15, 0.2) is 6.33 Å². The number of carbonyl (C=O) groups excluding carboxylic acids is 2. The first-order valence-corrected chi connectivity index (χ1v) is 11.4. The number of aromatic nitrogens is 4. The van der Waals surface area contributed by atoms with Gasteiger partial charge < -0.3 is 29.8 Å². The third kappa shape index (κ3) is 5.27. The molecule has 0 aromatic carbocycles. The molecule has 1 aliphatic heterocycles. The van der Waals surface area contributed by atoms with Gasteiger partial charge in [0.1, 0.15) is 12.7 Å². The lowest BCUT2D eigenvalue weighted by molar-refractivity contribution is -0.166. The Morgan fingerprint density at radius 1 is 1.29 bits per heavy atom. The third-order valence-corrected chi connectivity index (χ3v) is 5.31. The number of imidazole rings is 1. The highest BCUT2D eigenvalue weighted by Crippen LogP contribution is 2.42. The fourth-order valence-electron chi connectivity index (χ4n) is 3.45. The van der Waals surface area contributed by atoms with Gasteiger partial charge in [0.25, 0.3) is 0 Å². The number of esters is 2. The highest BCUT2D eigenvalue weighted by Gasteiger charge is 2.59. The summed E-state index contributed by atoms with van der Waals surface area (Å²) in [6.07, 6.45) is -2.45. The Labute approximate surface area is 207 Å². The Hall–Kier alpha value is -3.14. The Kier molecular flexibility index (Phi) is 8.04. The smallest absolute Gasteiger partial charge is 0.308 e. The van der Waals surface area contributed by atoms with Crippen LogP contribution in [0.3, 0.4) is 0 Å². The number of hydrogen-bond acceptors (Lipinski definition) is 11. The molecular formula is C22H28ClN5O7. The van der Waals surface area contributed by atoms with E-state index >= 15 is 0 Å². The maximum absolute atomic E-state index is 12.5. The Balaban J connectivity index is 2.10. The van der Waals surface area contributed by atoms with E-state index in [9.17, 15) is 14.7 Å². The van der Waals surface area contributed by atoms with Crippen molar-refractivity contribution in [3.05, 3.63) is 6.33 Å². The van der Waals surface area contributed by atoms with E-state index in [0.29, 0.717) is 6.61 Å². The Bertz CT molecular complexity index is 1160. The summed E-state index contributed by atoms with van der Waals surface area (Å²) >= 11 is 5.70. The number of aliphatic hydroxyl groups is 1. The van der Waals surface area contributed by atoms with Gasteiger partial charge in [-0.05, 0) is 24.4 Å². The van der Waals surface area contributed by atoms with Gasteiger partial charge >= 0.3 is 11.9 Å². The maximum atomic E-state index is 12.5. The van der Waals surface area contributed by atoms with Gasteiger partial charge in [-0.1, -0.05) is 27.7 Å². The van der Waals surface area contributed by atoms with Crippen molar-refractivity contribution in [2.45, 2.75) is 58.7 Å². The molecule has 2 aromatic heterocycles. The van der Waals surface area contributed by atoms with Gasteiger partial charge in [-0.3, -0.25) is 14.2 Å². The molecule has 35 heavy (non-hydrogen) atoms. The molecule has 0 saturated carbocycles. The van der Waals surface area contributed by atoms with Crippen molar-refractivity contribution in [3.63, 3.8) is 0 Å². The molecule has 3 rings (SSSR count). The van der Waals surface area contributed by atoms with Crippen LogP contribution in [-0.4, -0.2) is 67.6 Å². The first kappa shape index (κ1) is 26.5. The molecule has 3 N–H and O–H groups in total. The van der Waals surface area contributed by atoms with Gasteiger partial charge in [-0.25, -0.2) is 4.98 Å². The summed E-state index contributed by atoms with van der Waals surface area (Å²) in [4.78, 5) is 37.1. The van der Waals surface area contributed by atoms with Crippen LogP contribution in [0.4, 0.5) is 5.95 Å². The number of fused-ring (bicyclic) bond motifs is 1. The number of anilines is 1. The molecule has 0 amide bonds. The number of nitrogens with zero attached hydrogens (tertiary/aromatic N) is 4. The lowest BCUT2D eigenvalue weighted by atomic mass is 9.94. The molecule has 12 nitrogen and oxygen atoms in total. The molecule has 13 heteroatoms. The fraction of sp³-hybridized carbons (Fsp3) is 0.591. The van der Waals surface area contributed by atoms with E-state index in [-0.39, 0.29) is 29.6 Å². The van der Waals surface area contributed by atoms with E-state index in [1.165, 1.54) is 10.9 Å². The van der Waals surface area contributed by atoms with E-state index in [2.05, 4.69) is 26.3 Å². The van der Waals surface area contributed by atoms with E-state index in [1.807, 2.05) is 0 Å². The van der Waals surface area contributed by atoms with Crippen LogP contribution in [0.1, 0.15) is 40.8 Å². The van der Waals surface area contributed by atoms with Crippen LogP contribution >= 0.6 is 11.6 Å². The molecule has 0 unspecified atom stereocenters. The van der Waals surface area contributed by atoms with Crippen LogP contribution in [0.5, 0.6) is 5.88 Å². The predicted molar refractivity (Wildman–Crippen MR) is 124 cm³/mol. The van der Waals surface area contributed by atoms with Gasteiger partial charge in [-0.15, -0.1) is 0 Å². The van der Waals surface area contributed by atoms with Crippen molar-refractivity contribution < 1.29 is 33.6 Å². The topological polar surface area (TPSA) is 161 Å². The summed E-state index contributed by atoms with van der Waals surface area (Å²) in [6, 6.07) is 0. The highest BCUT2D eigenvalue weighted by atomic mass is 35.5. The van der Waals surface area contributed by atoms with Crippen LogP contribution in [0, 0.1) is 23.1 Å². The SMILES string of the molecule is CCOc1nc(N)nc2c1ncn2[C@@H]1O[C@H](COC(=O)C(C)C)[C@@H](OC(=O)C(C)C)[C@]1(O)C#CCl. The Morgan fingerprint density at radius 2 is 1.97 bits per heavy atom. The monoisotopic (exact) mass is 509 g/mol. The van der Waals surface area contributed by atoms with Crippen molar-refractivity contribution in [1.29, 1.82) is 0 Å². The maximum Gasteiger partial charge on any atom is 0.308 e. The number of halogens is 1. The molecule has 1 fully saturated rings. The lowest BCUT2D eigenvalue weighted by Gasteiger charge is -2.29. The summed E-state index contributed by atoms with van der Waals surface area (Å²) < 4.78 is 23.8. The number of nitrogens with two attached hydrogens (primary N) is 1. The van der Waals surface area contributed by atoms with Gasteiger partial charge in [0.15, 0.2) is 23.5 Å². The number of ether oxygens (including phenoxy) is 4. The van der Waals surface area contributed by atoms with Gasteiger partial charge in [0.2, 0.25) is 17.4 Å². The van der Waals surface area contributed by atoms with Crippen LogP contribution in [-0.2, 0) is 23.8 Å². The molecule has 3 heterocycles. The van der Waals surface area contributed by atoms with Crippen molar-refractivity contribution in [1.82, 2.24) is 19.5 Å². The van der Waals surface area contributed by atoms with Crippen LogP contribution in [0.2, 0.25) is 0 Å². The molecule has 4 atom stereocenters. The second-order valence-corrected chi connectivity index (χ2v) is 8.70. The summed E-state index contributed by atoms with van der Waals surface area (Å²) in [5.74, 6) is 0.501. The fourth-order valence-corrected chi connectivity index (χ4v) is 3.60. The first-order chi connectivity index (χ1) is 16.5. The zero-order valence-electron chi connectivity index (χ0n) is 20.0. The number of carbonyl (C=O) groups is 2. The minimum absolute atomic E-state index is 0.0992. The molecule has 190 valence electrons. The van der Waals surface area contributed by atoms with Crippen molar-refractivity contribution in [3.8, 4) is 17.2 Å². The zero-order valence-corrected chi connectivity index (χ0v) is 20.8. The number of hydrogen-bond donors (Lipinski definition) is 2. The van der Waals surface area contributed by atoms with E-state index in [4.69, 9.17) is 36.3 Å². The molecule has 1 saturated heterocycles. The van der Waals surface area contributed by atoms with Gasteiger partial charge in [-0.2, -0.15) is 9.97 Å². The number of nitrogen functional groups attached to an aromatic ring is 1. The highest BCUT2D eigenvalue weighted by molar-refractivity contribution is 6.30. The zero-order chi connectivity index (χ0) is 25.9. The molecule has 0 radical (unpaired) electrons. The second-order valence-electron chi connectivity index (χ2n) is 8.51. The van der Waals surface area contributed by atoms with Crippen LogP contribution in [0.25, 0.3) is 11.2 Å². The first-order valence-electron chi connectivity index (χ1n) is 11.0. The average molecular weight is 510 g/mol. The lowest BCUT2D eigenvalue weighted by Crippen LogP contribution is -2.49. The minimum atomic E-state index is -2.17. The van der Waals surface area contributed by atoms with Crippen molar-refractivity contribution in [2.24, 2.45) is 11.8 Å². The van der Waals surface area contributed by atoms with Crippen molar-refractivity contribution >= 4 is 40.7 Å². The van der Waals surface area contributed by atoms with Crippen molar-refractivity contribution in [2.75, 3.05) is 18.9 Å². The summed E-state index contributed by atoms with van der Waals surface area (Å²) in [5, 5.41) is 13.9. The second kappa shape index (κ2) is 10.6. The molecule has 1 aliphatic rings. The summed E-state index contributed by atoms with van der Waals surface area (Å²) in [7, 11) is 0. The molecular weight excluding hydrogens is 482 g/mol. The van der Waals surface area contributed by atoms with Gasteiger partial charge in [0, 0.05) is 5.38 Å². The standard InChI is InChI=1S/C22H28ClN5O7/c1-6-32-17-14-16(26-21(24)27-17)28(10-25-14)20-22(31,7-8-23)15(35-19(30)12(4)5)13(34-20)9-33-18(29)11(2)3/h10-13,15,20,31H,6,9H2,1-5H3,(H2,24,26,27)/t13-,15-,20-,22-/m1/s1. The van der Waals surface area contributed by atoms with E-state index in [0.717, 1.165) is 0 Å². The molecule has 0 aliphatic carbocycles. The quantitative estimate of drug-likeness (QED) is 0.390. The summed E-state index contributed by atoms with van der Waals surface area (Å²) in [5.41, 5.74) is 4.12. The third-order valence-electron chi connectivity index (χ3n) is 5.22.